The van der Waals surface area contributed by atoms with Gasteiger partial charge in [0, 0.05) is 29.9 Å². The summed E-state index contributed by atoms with van der Waals surface area (Å²) in [5, 5.41) is 3.99. The number of hydrogen-bond donors (Lipinski definition) is 3. The van der Waals surface area contributed by atoms with Crippen molar-refractivity contribution in [2.75, 3.05) is 36.5 Å². The predicted octanol–water partition coefficient (Wildman–Crippen LogP) is 2.25. The quantitative estimate of drug-likeness (QED) is 0.585. The molecule has 140 valence electrons. The van der Waals surface area contributed by atoms with Gasteiger partial charge in [0.2, 0.25) is 15.9 Å². The van der Waals surface area contributed by atoms with Gasteiger partial charge in [0.05, 0.1) is 23.0 Å². The number of likely N-dealkylation sites (tertiary alicyclic amines) is 1. The summed E-state index contributed by atoms with van der Waals surface area (Å²) >= 11 is 15.8. The molecule has 2 rings (SSSR count). The van der Waals surface area contributed by atoms with Gasteiger partial charge < -0.3 is 10.2 Å². The fourth-order valence-electron chi connectivity index (χ4n) is 2.60. The number of piperidine rings is 1. The number of carbonyl (C=O) groups is 1. The van der Waals surface area contributed by atoms with Gasteiger partial charge in [-0.25, -0.2) is 13.1 Å². The van der Waals surface area contributed by atoms with Crippen molar-refractivity contribution in [3.8, 4) is 0 Å². The second-order valence-corrected chi connectivity index (χ2v) is 8.96. The molecule has 1 aromatic rings. The van der Waals surface area contributed by atoms with E-state index in [2.05, 4.69) is 22.7 Å². The lowest BCUT2D eigenvalue weighted by atomic mass is 10.1. The fraction of sp³-hybridized carbons (Fsp3) is 0.533. The lowest BCUT2D eigenvalue weighted by Gasteiger charge is -2.32. The zero-order chi connectivity index (χ0) is 18.4. The van der Waals surface area contributed by atoms with Gasteiger partial charge in [0.1, 0.15) is 0 Å². The van der Waals surface area contributed by atoms with Gasteiger partial charge in [-0.05, 0) is 31.0 Å². The van der Waals surface area contributed by atoms with E-state index in [-0.39, 0.29) is 30.0 Å². The first kappa shape index (κ1) is 20.6. The Kier molecular flexibility index (Phi) is 7.69. The van der Waals surface area contributed by atoms with E-state index < -0.39 is 10.0 Å². The van der Waals surface area contributed by atoms with Crippen LogP contribution in [0.2, 0.25) is 10.0 Å². The number of hydrogen-bond acceptors (Lipinski definition) is 5. The maximum Gasteiger partial charge on any atom is 0.241 e. The van der Waals surface area contributed by atoms with Gasteiger partial charge in [0.25, 0.3) is 0 Å². The molecule has 0 unspecified atom stereocenters. The Morgan fingerprint density at radius 1 is 1.28 bits per heavy atom. The van der Waals surface area contributed by atoms with Crippen LogP contribution in [0.5, 0.6) is 0 Å². The van der Waals surface area contributed by atoms with E-state index in [1.165, 1.54) is 0 Å². The summed E-state index contributed by atoms with van der Waals surface area (Å²) in [5.74, 6) is 0.231. The molecule has 0 aliphatic carbocycles. The Bertz CT molecular complexity index is 708. The molecule has 25 heavy (non-hydrogen) atoms. The number of nitrogens with zero attached hydrogens (tertiary/aromatic N) is 1. The summed E-state index contributed by atoms with van der Waals surface area (Å²) in [5.41, 5.74) is 0.647. The van der Waals surface area contributed by atoms with Crippen LogP contribution in [0.25, 0.3) is 0 Å². The Hall–Kier alpha value is -0.670. The SMILES string of the molecule is O=C(CNc1ccc(Cl)cc1Cl)N1CCC(NS(=O)(=O)CCS)CC1. The molecule has 0 saturated carbocycles. The number of benzene rings is 1. The smallest absolute Gasteiger partial charge is 0.241 e. The Morgan fingerprint density at radius 2 is 1.96 bits per heavy atom. The van der Waals surface area contributed by atoms with Crippen LogP contribution in [0.4, 0.5) is 5.69 Å². The average Bonchev–Trinajstić information content (AvgIpc) is 2.54. The van der Waals surface area contributed by atoms with Crippen molar-refractivity contribution in [2.24, 2.45) is 0 Å². The zero-order valence-corrected chi connectivity index (χ0v) is 16.8. The molecule has 1 aromatic carbocycles. The van der Waals surface area contributed by atoms with E-state index in [0.29, 0.717) is 41.7 Å². The monoisotopic (exact) mass is 425 g/mol. The maximum atomic E-state index is 12.3. The van der Waals surface area contributed by atoms with Crippen LogP contribution in [-0.4, -0.2) is 56.4 Å². The van der Waals surface area contributed by atoms with E-state index in [0.717, 1.165) is 0 Å². The first-order valence-electron chi connectivity index (χ1n) is 7.88. The van der Waals surface area contributed by atoms with Gasteiger partial charge in [-0.1, -0.05) is 23.2 Å². The number of nitrogens with one attached hydrogen (secondary N) is 2. The summed E-state index contributed by atoms with van der Waals surface area (Å²) in [4.78, 5) is 14.0. The third-order valence-electron chi connectivity index (χ3n) is 3.92. The third-order valence-corrected chi connectivity index (χ3v) is 6.42. The van der Waals surface area contributed by atoms with Crippen LogP contribution in [-0.2, 0) is 14.8 Å². The molecule has 1 heterocycles. The molecule has 0 bridgehead atoms. The molecular weight excluding hydrogens is 405 g/mol. The summed E-state index contributed by atoms with van der Waals surface area (Å²) in [6, 6.07) is 4.90. The second-order valence-electron chi connectivity index (χ2n) is 5.79. The van der Waals surface area contributed by atoms with Gasteiger partial charge in [-0.2, -0.15) is 12.6 Å². The summed E-state index contributed by atoms with van der Waals surface area (Å²) in [6.07, 6.45) is 1.19. The Morgan fingerprint density at radius 3 is 2.56 bits per heavy atom. The van der Waals surface area contributed by atoms with Crippen LogP contribution < -0.4 is 10.0 Å². The zero-order valence-electron chi connectivity index (χ0n) is 13.5. The van der Waals surface area contributed by atoms with Crippen LogP contribution >= 0.6 is 35.8 Å². The number of thiol groups is 1. The standard InChI is InChI=1S/C15H21Cl2N3O3S2/c16-11-1-2-14(13(17)9-11)18-10-15(21)20-5-3-12(4-6-20)19-25(22,23)8-7-24/h1-2,9,12,18-19,24H,3-8,10H2. The molecule has 1 fully saturated rings. The Balaban J connectivity index is 1.79. The number of halogens is 2. The van der Waals surface area contributed by atoms with Crippen molar-refractivity contribution in [1.29, 1.82) is 0 Å². The third kappa shape index (κ3) is 6.53. The topological polar surface area (TPSA) is 78.5 Å². The van der Waals surface area contributed by atoms with Gasteiger partial charge in [-0.15, -0.1) is 0 Å². The minimum absolute atomic E-state index is 0.00102. The van der Waals surface area contributed by atoms with Crippen molar-refractivity contribution < 1.29 is 13.2 Å². The highest BCUT2D eigenvalue weighted by molar-refractivity contribution is 7.90. The lowest BCUT2D eigenvalue weighted by molar-refractivity contribution is -0.130. The molecule has 10 heteroatoms. The summed E-state index contributed by atoms with van der Waals surface area (Å²) < 4.78 is 26.2. The fourth-order valence-corrected chi connectivity index (χ4v) is 4.89. The molecule has 6 nitrogen and oxygen atoms in total. The molecule has 1 aliphatic heterocycles. The molecule has 2 N–H and O–H groups in total. The van der Waals surface area contributed by atoms with Crippen LogP contribution in [0, 0.1) is 0 Å². The highest BCUT2D eigenvalue weighted by Crippen LogP contribution is 2.25. The van der Waals surface area contributed by atoms with Crippen molar-refractivity contribution in [3.05, 3.63) is 28.2 Å². The van der Waals surface area contributed by atoms with Crippen molar-refractivity contribution >= 4 is 57.4 Å². The molecule has 0 atom stereocenters. The van der Waals surface area contributed by atoms with Gasteiger partial charge in [-0.3, -0.25) is 4.79 Å². The van der Waals surface area contributed by atoms with Crippen molar-refractivity contribution in [1.82, 2.24) is 9.62 Å². The molecule has 1 aliphatic rings. The van der Waals surface area contributed by atoms with Crippen LogP contribution in [0.1, 0.15) is 12.8 Å². The minimum atomic E-state index is -3.29. The van der Waals surface area contributed by atoms with Crippen LogP contribution in [0.15, 0.2) is 18.2 Å². The molecular formula is C15H21Cl2N3O3S2. The summed E-state index contributed by atoms with van der Waals surface area (Å²) in [7, 11) is -3.29. The Labute approximate surface area is 163 Å². The van der Waals surface area contributed by atoms with E-state index in [1.807, 2.05) is 0 Å². The minimum Gasteiger partial charge on any atom is -0.375 e. The van der Waals surface area contributed by atoms with Crippen LogP contribution in [0.3, 0.4) is 0 Å². The largest absolute Gasteiger partial charge is 0.375 e. The average molecular weight is 426 g/mol. The number of rotatable bonds is 7. The first-order chi connectivity index (χ1) is 11.8. The number of anilines is 1. The number of sulfonamides is 1. The van der Waals surface area contributed by atoms with E-state index in [4.69, 9.17) is 23.2 Å². The van der Waals surface area contributed by atoms with Crippen molar-refractivity contribution in [2.45, 2.75) is 18.9 Å². The molecule has 0 spiro atoms. The summed E-state index contributed by atoms with van der Waals surface area (Å²) in [6.45, 7) is 1.16. The number of carbonyl (C=O) groups excluding carboxylic acids is 1. The molecule has 0 radical (unpaired) electrons. The van der Waals surface area contributed by atoms with E-state index in [9.17, 15) is 13.2 Å². The van der Waals surface area contributed by atoms with E-state index >= 15 is 0 Å². The highest BCUT2D eigenvalue weighted by atomic mass is 35.5. The molecule has 0 aromatic heterocycles. The van der Waals surface area contributed by atoms with Gasteiger partial charge >= 0.3 is 0 Å². The van der Waals surface area contributed by atoms with E-state index in [1.54, 1.807) is 23.1 Å². The second kappa shape index (κ2) is 9.32. The predicted molar refractivity (Wildman–Crippen MR) is 105 cm³/mol. The molecule has 1 saturated heterocycles. The normalized spacial score (nSPS) is 16.0. The van der Waals surface area contributed by atoms with Gasteiger partial charge in [0.15, 0.2) is 0 Å². The maximum absolute atomic E-state index is 12.3. The lowest BCUT2D eigenvalue weighted by Crippen LogP contribution is -2.48. The highest BCUT2D eigenvalue weighted by Gasteiger charge is 2.25. The molecule has 1 amide bonds. The van der Waals surface area contributed by atoms with Crippen molar-refractivity contribution in [3.63, 3.8) is 0 Å². The number of amides is 1. The first-order valence-corrected chi connectivity index (χ1v) is 10.9.